The van der Waals surface area contributed by atoms with Crippen LogP contribution in [0.15, 0.2) is 12.3 Å². The molecule has 0 saturated carbocycles. The Morgan fingerprint density at radius 3 is 2.90 bits per heavy atom. The molecule has 0 spiro atoms. The number of carbonyl (C=O) groups is 1. The second-order valence-corrected chi connectivity index (χ2v) is 4.75. The van der Waals surface area contributed by atoms with E-state index in [0.717, 1.165) is 19.3 Å². The van der Waals surface area contributed by atoms with Crippen molar-refractivity contribution in [2.24, 2.45) is 0 Å². The molecule has 0 bridgehead atoms. The monoisotopic (exact) mass is 280 g/mol. The second-order valence-electron chi connectivity index (χ2n) is 4.75. The van der Waals surface area contributed by atoms with E-state index in [4.69, 9.17) is 9.47 Å². The van der Waals surface area contributed by atoms with E-state index in [1.165, 1.54) is 13.3 Å². The van der Waals surface area contributed by atoms with Crippen LogP contribution < -0.4 is 15.4 Å². The van der Waals surface area contributed by atoms with Gasteiger partial charge in [0, 0.05) is 24.9 Å². The third kappa shape index (κ3) is 3.57. The molecular formula is C13H20N4O3. The smallest absolute Gasteiger partial charge is 0.320 e. The first-order valence-electron chi connectivity index (χ1n) is 6.71. The molecule has 0 atom stereocenters. The minimum atomic E-state index is -0.269. The molecule has 0 unspecified atom stereocenters. The molecule has 0 aliphatic carbocycles. The van der Waals surface area contributed by atoms with Crippen LogP contribution in [0.2, 0.25) is 0 Å². The van der Waals surface area contributed by atoms with Crippen molar-refractivity contribution in [1.82, 2.24) is 15.3 Å². The summed E-state index contributed by atoms with van der Waals surface area (Å²) in [4.78, 5) is 20.0. The van der Waals surface area contributed by atoms with Crippen LogP contribution in [0, 0.1) is 0 Å². The maximum atomic E-state index is 12.1. The SMILES string of the molecule is CCC1(NC(=O)Nc2ccnc(OC)n2)CCOCC1. The summed E-state index contributed by atoms with van der Waals surface area (Å²) in [6, 6.07) is 1.57. The van der Waals surface area contributed by atoms with Crippen LogP contribution in [0.1, 0.15) is 26.2 Å². The summed E-state index contributed by atoms with van der Waals surface area (Å²) in [6.07, 6.45) is 4.05. The number of rotatable bonds is 4. The van der Waals surface area contributed by atoms with Gasteiger partial charge >= 0.3 is 12.0 Å². The van der Waals surface area contributed by atoms with Gasteiger partial charge in [-0.15, -0.1) is 0 Å². The summed E-state index contributed by atoms with van der Waals surface area (Å²) in [6.45, 7) is 3.42. The lowest BCUT2D eigenvalue weighted by molar-refractivity contribution is 0.0416. The number of hydrogen-bond acceptors (Lipinski definition) is 5. The van der Waals surface area contributed by atoms with Crippen molar-refractivity contribution in [3.05, 3.63) is 12.3 Å². The molecule has 1 aliphatic heterocycles. The standard InChI is InChI=1S/C13H20N4O3/c1-3-13(5-8-20-9-6-13)17-11(18)15-10-4-7-14-12(16-10)19-2/h4,7H,3,5-6,8-9H2,1-2H3,(H2,14,15,16,17,18). The van der Waals surface area contributed by atoms with Crippen LogP contribution in [-0.2, 0) is 4.74 Å². The highest BCUT2D eigenvalue weighted by Crippen LogP contribution is 2.24. The van der Waals surface area contributed by atoms with E-state index >= 15 is 0 Å². The van der Waals surface area contributed by atoms with Gasteiger partial charge in [-0.05, 0) is 25.3 Å². The van der Waals surface area contributed by atoms with Gasteiger partial charge in [-0.1, -0.05) is 6.92 Å². The van der Waals surface area contributed by atoms with Crippen molar-refractivity contribution in [3.8, 4) is 6.01 Å². The predicted molar refractivity (Wildman–Crippen MR) is 73.8 cm³/mol. The normalized spacial score (nSPS) is 17.3. The fourth-order valence-electron chi connectivity index (χ4n) is 2.23. The number of hydrogen-bond donors (Lipinski definition) is 2. The van der Waals surface area contributed by atoms with Crippen molar-refractivity contribution in [3.63, 3.8) is 0 Å². The predicted octanol–water partition coefficient (Wildman–Crippen LogP) is 1.57. The van der Waals surface area contributed by atoms with Crippen molar-refractivity contribution < 1.29 is 14.3 Å². The number of ether oxygens (including phenoxy) is 2. The number of amides is 2. The summed E-state index contributed by atoms with van der Waals surface area (Å²) in [5.41, 5.74) is -0.195. The molecule has 110 valence electrons. The maximum Gasteiger partial charge on any atom is 0.320 e. The van der Waals surface area contributed by atoms with Gasteiger partial charge in [0.15, 0.2) is 0 Å². The summed E-state index contributed by atoms with van der Waals surface area (Å²) in [5.74, 6) is 0.410. The number of carbonyl (C=O) groups excluding carboxylic acids is 1. The first-order valence-corrected chi connectivity index (χ1v) is 6.71. The minimum absolute atomic E-state index is 0.195. The summed E-state index contributed by atoms with van der Waals surface area (Å²) in [7, 11) is 1.48. The van der Waals surface area contributed by atoms with Gasteiger partial charge in [0.1, 0.15) is 5.82 Å². The average molecular weight is 280 g/mol. The zero-order valence-electron chi connectivity index (χ0n) is 11.8. The molecule has 2 rings (SSSR count). The zero-order valence-corrected chi connectivity index (χ0v) is 11.8. The first-order chi connectivity index (χ1) is 9.67. The van der Waals surface area contributed by atoms with Gasteiger partial charge in [0.2, 0.25) is 0 Å². The van der Waals surface area contributed by atoms with Crippen LogP contribution in [0.4, 0.5) is 10.6 Å². The lowest BCUT2D eigenvalue weighted by atomic mass is 9.87. The van der Waals surface area contributed by atoms with Crippen molar-refractivity contribution in [2.45, 2.75) is 31.7 Å². The van der Waals surface area contributed by atoms with Crippen LogP contribution in [-0.4, -0.2) is 41.9 Å². The van der Waals surface area contributed by atoms with Crippen LogP contribution in [0.25, 0.3) is 0 Å². The fourth-order valence-corrected chi connectivity index (χ4v) is 2.23. The molecule has 1 aromatic heterocycles. The van der Waals surface area contributed by atoms with Gasteiger partial charge in [0.25, 0.3) is 0 Å². The quantitative estimate of drug-likeness (QED) is 0.874. The number of aromatic nitrogens is 2. The summed E-state index contributed by atoms with van der Waals surface area (Å²) in [5, 5.41) is 5.74. The number of urea groups is 1. The Hall–Kier alpha value is -1.89. The van der Waals surface area contributed by atoms with E-state index in [9.17, 15) is 4.79 Å². The fraction of sp³-hybridized carbons (Fsp3) is 0.615. The van der Waals surface area contributed by atoms with E-state index < -0.39 is 0 Å². The van der Waals surface area contributed by atoms with Gasteiger partial charge in [-0.25, -0.2) is 9.78 Å². The van der Waals surface area contributed by atoms with Gasteiger partial charge in [0.05, 0.1) is 7.11 Å². The van der Waals surface area contributed by atoms with Gasteiger partial charge in [-0.2, -0.15) is 4.98 Å². The number of nitrogens with one attached hydrogen (secondary N) is 2. The topological polar surface area (TPSA) is 85.4 Å². The number of nitrogens with zero attached hydrogens (tertiary/aromatic N) is 2. The van der Waals surface area contributed by atoms with Crippen molar-refractivity contribution >= 4 is 11.8 Å². The van der Waals surface area contributed by atoms with Gasteiger partial charge in [-0.3, -0.25) is 5.32 Å². The number of anilines is 1. The molecule has 0 radical (unpaired) electrons. The average Bonchev–Trinajstić information content (AvgIpc) is 2.48. The van der Waals surface area contributed by atoms with Crippen LogP contribution >= 0.6 is 0 Å². The molecule has 7 heteroatoms. The molecule has 2 heterocycles. The van der Waals surface area contributed by atoms with Crippen molar-refractivity contribution in [2.75, 3.05) is 25.6 Å². The third-order valence-electron chi connectivity index (χ3n) is 3.56. The Morgan fingerprint density at radius 1 is 1.50 bits per heavy atom. The Labute approximate surface area is 118 Å². The molecule has 2 N–H and O–H groups in total. The highest BCUT2D eigenvalue weighted by atomic mass is 16.5. The van der Waals surface area contributed by atoms with Crippen molar-refractivity contribution in [1.29, 1.82) is 0 Å². The minimum Gasteiger partial charge on any atom is -0.467 e. The molecule has 0 aromatic carbocycles. The highest BCUT2D eigenvalue weighted by Gasteiger charge is 2.32. The molecule has 7 nitrogen and oxygen atoms in total. The Bertz CT molecular complexity index is 461. The zero-order chi connectivity index (χ0) is 14.4. The van der Waals surface area contributed by atoms with Crippen LogP contribution in [0.3, 0.4) is 0 Å². The molecule has 2 amide bonds. The van der Waals surface area contributed by atoms with E-state index in [0.29, 0.717) is 19.0 Å². The number of methoxy groups -OCH3 is 1. The summed E-state index contributed by atoms with van der Waals surface area (Å²) < 4.78 is 10.3. The van der Waals surface area contributed by atoms with E-state index in [2.05, 4.69) is 27.5 Å². The molecule has 1 aliphatic rings. The van der Waals surface area contributed by atoms with Crippen LogP contribution in [0.5, 0.6) is 6.01 Å². The molecule has 1 fully saturated rings. The van der Waals surface area contributed by atoms with E-state index in [1.54, 1.807) is 6.07 Å². The maximum absolute atomic E-state index is 12.1. The third-order valence-corrected chi connectivity index (χ3v) is 3.56. The molecule has 1 aromatic rings. The first kappa shape index (κ1) is 14.5. The largest absolute Gasteiger partial charge is 0.467 e. The van der Waals surface area contributed by atoms with E-state index in [1.807, 2.05) is 0 Å². The van der Waals surface area contributed by atoms with E-state index in [-0.39, 0.29) is 17.6 Å². The molecular weight excluding hydrogens is 260 g/mol. The summed E-state index contributed by atoms with van der Waals surface area (Å²) >= 11 is 0. The molecule has 1 saturated heterocycles. The highest BCUT2D eigenvalue weighted by molar-refractivity contribution is 5.88. The Morgan fingerprint density at radius 2 is 2.25 bits per heavy atom. The Balaban J connectivity index is 1.97. The second kappa shape index (κ2) is 6.51. The lowest BCUT2D eigenvalue weighted by Crippen LogP contribution is -2.52. The van der Waals surface area contributed by atoms with Gasteiger partial charge < -0.3 is 14.8 Å². The Kier molecular flexibility index (Phi) is 4.73. The molecule has 20 heavy (non-hydrogen) atoms. The lowest BCUT2D eigenvalue weighted by Gasteiger charge is -2.37.